The Kier molecular flexibility index (Phi) is 4.60. The number of nitrogens with zero attached hydrogens (tertiary/aromatic N) is 4. The van der Waals surface area contributed by atoms with Gasteiger partial charge in [-0.1, -0.05) is 11.6 Å². The van der Waals surface area contributed by atoms with E-state index in [9.17, 15) is 18.0 Å². The number of alkyl halides is 3. The Balaban J connectivity index is 2.01. The summed E-state index contributed by atoms with van der Waals surface area (Å²) in [5.74, 6) is 0. The fourth-order valence-corrected chi connectivity index (χ4v) is 3.55. The molecule has 3 aromatic rings. The fourth-order valence-electron chi connectivity index (χ4n) is 2.36. The molecule has 0 radical (unpaired) electrons. The van der Waals surface area contributed by atoms with E-state index in [1.165, 1.54) is 28.9 Å². The molecule has 0 saturated heterocycles. The van der Waals surface area contributed by atoms with Gasteiger partial charge in [0, 0.05) is 24.1 Å². The van der Waals surface area contributed by atoms with E-state index in [0.717, 1.165) is 15.6 Å². The predicted octanol–water partition coefficient (Wildman–Crippen LogP) is 3.13. The monoisotopic (exact) mass is 392 g/mol. The van der Waals surface area contributed by atoms with Crippen LogP contribution in [0.3, 0.4) is 0 Å². The molecule has 0 N–H and O–H groups in total. The van der Waals surface area contributed by atoms with Gasteiger partial charge in [-0.15, -0.1) is 11.3 Å². The SMILES string of the molecule is COCc1c(C)sc2nc(Cn3nc(C(F)(F)F)cc3Cl)cc(=O)n12. The number of rotatable bonds is 4. The van der Waals surface area contributed by atoms with E-state index in [2.05, 4.69) is 10.1 Å². The van der Waals surface area contributed by atoms with Crippen molar-refractivity contribution in [1.82, 2.24) is 19.2 Å². The minimum Gasteiger partial charge on any atom is -0.378 e. The molecule has 6 nitrogen and oxygen atoms in total. The van der Waals surface area contributed by atoms with Crippen molar-refractivity contribution in [3.63, 3.8) is 0 Å². The molecule has 0 aliphatic heterocycles. The molecule has 0 atom stereocenters. The summed E-state index contributed by atoms with van der Waals surface area (Å²) < 4.78 is 45.6. The maximum Gasteiger partial charge on any atom is 0.435 e. The van der Waals surface area contributed by atoms with Crippen molar-refractivity contribution in [2.45, 2.75) is 26.3 Å². The van der Waals surface area contributed by atoms with Crippen LogP contribution >= 0.6 is 22.9 Å². The number of aromatic nitrogens is 4. The van der Waals surface area contributed by atoms with Gasteiger partial charge in [0.05, 0.1) is 24.5 Å². The zero-order chi connectivity index (χ0) is 18.4. The van der Waals surface area contributed by atoms with E-state index in [-0.39, 0.29) is 29.6 Å². The molecule has 0 spiro atoms. The molecule has 134 valence electrons. The summed E-state index contributed by atoms with van der Waals surface area (Å²) in [7, 11) is 1.52. The largest absolute Gasteiger partial charge is 0.435 e. The lowest BCUT2D eigenvalue weighted by Gasteiger charge is -2.05. The number of aryl methyl sites for hydroxylation is 1. The lowest BCUT2D eigenvalue weighted by Crippen LogP contribution is -2.18. The first-order valence-corrected chi connectivity index (χ1v) is 8.20. The van der Waals surface area contributed by atoms with Crippen LogP contribution in [0.4, 0.5) is 13.2 Å². The molecule has 3 rings (SSSR count). The number of fused-ring (bicyclic) bond motifs is 1. The molecule has 0 unspecified atom stereocenters. The smallest absolute Gasteiger partial charge is 0.378 e. The van der Waals surface area contributed by atoms with Crippen LogP contribution in [-0.4, -0.2) is 26.3 Å². The van der Waals surface area contributed by atoms with Crippen LogP contribution in [0.5, 0.6) is 0 Å². The van der Waals surface area contributed by atoms with Crippen LogP contribution in [-0.2, 0) is 24.1 Å². The van der Waals surface area contributed by atoms with E-state index in [1.54, 1.807) is 0 Å². The van der Waals surface area contributed by atoms with Crippen LogP contribution in [0.1, 0.15) is 22.0 Å². The molecule has 0 aliphatic rings. The molecular weight excluding hydrogens is 381 g/mol. The average molecular weight is 393 g/mol. The summed E-state index contributed by atoms with van der Waals surface area (Å²) in [6.45, 7) is 1.96. The second-order valence-electron chi connectivity index (χ2n) is 5.25. The van der Waals surface area contributed by atoms with E-state index in [1.807, 2.05) is 6.92 Å². The standard InChI is InChI=1S/C14H12ClF3N4O2S/c1-7-9(6-24-2)22-12(23)3-8(19-13(22)25-7)5-21-11(15)4-10(20-21)14(16,17)18/h3-4H,5-6H2,1-2H3. The van der Waals surface area contributed by atoms with Gasteiger partial charge in [0.15, 0.2) is 10.7 Å². The summed E-state index contributed by atoms with van der Waals surface area (Å²) in [5.41, 5.74) is -0.461. The number of halogens is 4. The molecule has 11 heteroatoms. The van der Waals surface area contributed by atoms with E-state index >= 15 is 0 Å². The first-order chi connectivity index (χ1) is 11.7. The predicted molar refractivity (Wildman–Crippen MR) is 86.1 cm³/mol. The van der Waals surface area contributed by atoms with Gasteiger partial charge in [0.25, 0.3) is 5.56 Å². The first-order valence-electron chi connectivity index (χ1n) is 7.01. The Labute approximate surface area is 148 Å². The van der Waals surface area contributed by atoms with Crippen LogP contribution in [0.25, 0.3) is 4.96 Å². The normalized spacial score (nSPS) is 12.2. The number of ether oxygens (including phenoxy) is 1. The number of methoxy groups -OCH3 is 1. The Morgan fingerprint density at radius 1 is 1.36 bits per heavy atom. The molecule has 0 aromatic carbocycles. The second-order valence-corrected chi connectivity index (χ2v) is 6.82. The van der Waals surface area contributed by atoms with Crippen LogP contribution in [0, 0.1) is 6.92 Å². The van der Waals surface area contributed by atoms with Gasteiger partial charge >= 0.3 is 6.18 Å². The van der Waals surface area contributed by atoms with E-state index in [0.29, 0.717) is 10.7 Å². The Morgan fingerprint density at radius 3 is 2.68 bits per heavy atom. The summed E-state index contributed by atoms with van der Waals surface area (Å²) >= 11 is 7.11. The molecule has 25 heavy (non-hydrogen) atoms. The van der Waals surface area contributed by atoms with Crippen molar-refractivity contribution in [2.75, 3.05) is 7.11 Å². The maximum atomic E-state index is 12.7. The highest BCUT2D eigenvalue weighted by Gasteiger charge is 2.34. The lowest BCUT2D eigenvalue weighted by molar-refractivity contribution is -0.141. The van der Waals surface area contributed by atoms with Crippen LogP contribution in [0.15, 0.2) is 16.9 Å². The van der Waals surface area contributed by atoms with Crippen LogP contribution in [0.2, 0.25) is 5.15 Å². The molecule has 0 amide bonds. The van der Waals surface area contributed by atoms with Crippen molar-refractivity contribution in [2.24, 2.45) is 0 Å². The van der Waals surface area contributed by atoms with Gasteiger partial charge in [0.1, 0.15) is 5.15 Å². The number of hydrogen-bond donors (Lipinski definition) is 0. The molecule has 0 aliphatic carbocycles. The van der Waals surface area contributed by atoms with Gasteiger partial charge in [-0.05, 0) is 6.92 Å². The minimum atomic E-state index is -4.59. The van der Waals surface area contributed by atoms with E-state index in [4.69, 9.17) is 16.3 Å². The van der Waals surface area contributed by atoms with Gasteiger partial charge in [0.2, 0.25) is 0 Å². The maximum absolute atomic E-state index is 12.7. The zero-order valence-electron chi connectivity index (χ0n) is 13.1. The third-order valence-corrected chi connectivity index (χ3v) is 4.78. The lowest BCUT2D eigenvalue weighted by atomic mass is 10.3. The summed E-state index contributed by atoms with van der Waals surface area (Å²) in [6.07, 6.45) is -4.59. The number of thiazole rings is 1. The van der Waals surface area contributed by atoms with Gasteiger partial charge in [-0.25, -0.2) is 9.67 Å². The van der Waals surface area contributed by atoms with Crippen molar-refractivity contribution in [1.29, 1.82) is 0 Å². The van der Waals surface area contributed by atoms with Gasteiger partial charge < -0.3 is 4.74 Å². The van der Waals surface area contributed by atoms with Gasteiger partial charge in [-0.2, -0.15) is 18.3 Å². The second kappa shape index (κ2) is 6.43. The highest BCUT2D eigenvalue weighted by Crippen LogP contribution is 2.30. The minimum absolute atomic E-state index is 0.142. The molecule has 3 aromatic heterocycles. The summed E-state index contributed by atoms with van der Waals surface area (Å²) in [4.78, 5) is 18.0. The van der Waals surface area contributed by atoms with Crippen molar-refractivity contribution < 1.29 is 17.9 Å². The summed E-state index contributed by atoms with van der Waals surface area (Å²) in [6, 6.07) is 1.99. The van der Waals surface area contributed by atoms with Crippen LogP contribution < -0.4 is 5.56 Å². The third kappa shape index (κ3) is 3.42. The topological polar surface area (TPSA) is 61.4 Å². The van der Waals surface area contributed by atoms with Crippen molar-refractivity contribution in [3.8, 4) is 0 Å². The molecule has 3 heterocycles. The first kappa shape index (κ1) is 17.9. The zero-order valence-corrected chi connectivity index (χ0v) is 14.7. The molecule has 0 saturated carbocycles. The number of hydrogen-bond acceptors (Lipinski definition) is 5. The van der Waals surface area contributed by atoms with E-state index < -0.39 is 11.9 Å². The van der Waals surface area contributed by atoms with Crippen molar-refractivity contribution >= 4 is 27.9 Å². The highest BCUT2D eigenvalue weighted by atomic mass is 35.5. The average Bonchev–Trinajstić information content (AvgIpc) is 3.01. The highest BCUT2D eigenvalue weighted by molar-refractivity contribution is 7.17. The Bertz CT molecular complexity index is 993. The molecular formula is C14H12ClF3N4O2S. The third-order valence-electron chi connectivity index (χ3n) is 3.48. The fraction of sp³-hybridized carbons (Fsp3) is 0.357. The Hall–Kier alpha value is -1.91. The van der Waals surface area contributed by atoms with Gasteiger partial charge in [-0.3, -0.25) is 9.20 Å². The van der Waals surface area contributed by atoms with Crippen molar-refractivity contribution in [3.05, 3.63) is 49.6 Å². The molecule has 0 bridgehead atoms. The molecule has 0 fully saturated rings. The quantitative estimate of drug-likeness (QED) is 0.684. The summed E-state index contributed by atoms with van der Waals surface area (Å²) in [5, 5.41) is 3.25. The Morgan fingerprint density at radius 2 is 2.08 bits per heavy atom.